The Hall–Kier alpha value is -1.04. The highest BCUT2D eigenvalue weighted by molar-refractivity contribution is 4.96. The van der Waals surface area contributed by atoms with Crippen LogP contribution in [0.3, 0.4) is 0 Å². The normalized spacial score (nSPS) is 53.2. The van der Waals surface area contributed by atoms with Gasteiger partial charge >= 0.3 is 0 Å². The second kappa shape index (κ2) is 19.6. The number of hydrogen-bond acceptors (Lipinski definition) is 26. The van der Waals surface area contributed by atoms with Crippen LogP contribution in [-0.4, -0.2) is 273 Å². The van der Waals surface area contributed by atoms with Crippen molar-refractivity contribution < 1.29 is 129 Å². The summed E-state index contributed by atoms with van der Waals surface area (Å²) in [5, 5.41) is 174. The molecule has 17 N–H and O–H groups in total. The van der Waals surface area contributed by atoms with Gasteiger partial charge in [0.1, 0.15) is 122 Å². The van der Waals surface area contributed by atoms with Crippen LogP contribution in [0, 0.1) is 0 Å². The van der Waals surface area contributed by atoms with Gasteiger partial charge < -0.3 is 129 Å². The molecule has 5 rings (SSSR count). The van der Waals surface area contributed by atoms with Crippen molar-refractivity contribution in [3.8, 4) is 0 Å². The van der Waals surface area contributed by atoms with Crippen molar-refractivity contribution in [1.29, 1.82) is 0 Å². The van der Waals surface area contributed by atoms with Crippen molar-refractivity contribution in [1.82, 2.24) is 0 Å². The topological polar surface area (TPSA) is 427 Å². The monoisotopic (exact) mass is 828 g/mol. The Morgan fingerprint density at radius 2 is 0.625 bits per heavy atom. The second-order valence-electron chi connectivity index (χ2n) is 14.1. The molecule has 0 aromatic heterocycles. The lowest BCUT2D eigenvalue weighted by Crippen LogP contribution is -2.65. The van der Waals surface area contributed by atoms with Gasteiger partial charge in [-0.05, 0) is 0 Å². The lowest BCUT2D eigenvalue weighted by atomic mass is 9.97. The summed E-state index contributed by atoms with van der Waals surface area (Å²) in [4.78, 5) is 0. The van der Waals surface area contributed by atoms with Crippen LogP contribution in [-0.2, 0) is 42.6 Å². The van der Waals surface area contributed by atoms with E-state index in [0.29, 0.717) is 0 Å². The van der Waals surface area contributed by atoms with E-state index < -0.39 is 187 Å². The minimum absolute atomic E-state index is 0.675. The van der Waals surface area contributed by atoms with Crippen LogP contribution in [0.15, 0.2) is 0 Å². The molecule has 5 fully saturated rings. The summed E-state index contributed by atoms with van der Waals surface area (Å²) in [7, 11) is 0. The molecule has 0 aromatic carbocycles. The molecule has 0 amide bonds. The lowest BCUT2D eigenvalue weighted by Gasteiger charge is -2.46. The predicted molar refractivity (Wildman–Crippen MR) is 167 cm³/mol. The third kappa shape index (κ3) is 9.61. The van der Waals surface area contributed by atoms with Crippen molar-refractivity contribution in [3.05, 3.63) is 0 Å². The Morgan fingerprint density at radius 3 is 1.00 bits per heavy atom. The van der Waals surface area contributed by atoms with Crippen molar-refractivity contribution >= 4 is 0 Å². The highest BCUT2D eigenvalue weighted by Gasteiger charge is 2.52. The molecule has 5 aliphatic rings. The zero-order chi connectivity index (χ0) is 41.3. The molecule has 0 aliphatic carbocycles. The van der Waals surface area contributed by atoms with Gasteiger partial charge in [0.05, 0.1) is 33.0 Å². The summed E-state index contributed by atoms with van der Waals surface area (Å²) < 4.78 is 48.6. The van der Waals surface area contributed by atoms with Crippen LogP contribution in [0.2, 0.25) is 0 Å². The minimum Gasteiger partial charge on any atom is -0.394 e. The average molecular weight is 829 g/mol. The smallest absolute Gasteiger partial charge is 0.187 e. The number of rotatable bonds is 13. The Labute approximate surface area is 316 Å². The fourth-order valence-electron chi connectivity index (χ4n) is 6.71. The van der Waals surface area contributed by atoms with E-state index in [2.05, 4.69) is 0 Å². The predicted octanol–water partition coefficient (Wildman–Crippen LogP) is -11.9. The molecule has 56 heavy (non-hydrogen) atoms. The number of hydrogen-bond donors (Lipinski definition) is 17. The molecule has 0 aromatic rings. The first-order valence-electron chi connectivity index (χ1n) is 17.6. The third-order valence-electron chi connectivity index (χ3n) is 10.3. The summed E-state index contributed by atoms with van der Waals surface area (Å²) in [6.07, 6.45) is -44.5. The van der Waals surface area contributed by atoms with E-state index >= 15 is 0 Å². The van der Waals surface area contributed by atoms with E-state index in [0.717, 1.165) is 0 Å². The minimum atomic E-state index is -1.99. The van der Waals surface area contributed by atoms with E-state index in [1.165, 1.54) is 0 Å². The van der Waals surface area contributed by atoms with Gasteiger partial charge in [-0.25, -0.2) is 0 Å². The maximum atomic E-state index is 10.6. The van der Waals surface area contributed by atoms with Crippen LogP contribution in [0.1, 0.15) is 0 Å². The van der Waals surface area contributed by atoms with Gasteiger partial charge in [0.15, 0.2) is 31.5 Å². The number of aliphatic hydroxyl groups is 17. The fraction of sp³-hybridized carbons (Fsp3) is 1.00. The lowest BCUT2D eigenvalue weighted by molar-refractivity contribution is -0.364. The highest BCUT2D eigenvalue weighted by Crippen LogP contribution is 2.31. The van der Waals surface area contributed by atoms with Gasteiger partial charge in [0, 0.05) is 0 Å². The molecule has 0 radical (unpaired) electrons. The zero-order valence-corrected chi connectivity index (χ0v) is 29.2. The number of ether oxygens (including phenoxy) is 9. The van der Waals surface area contributed by atoms with Crippen molar-refractivity contribution in [2.24, 2.45) is 0 Å². The van der Waals surface area contributed by atoms with Crippen molar-refractivity contribution in [2.45, 2.75) is 154 Å². The average Bonchev–Trinajstić information content (AvgIpc) is 3.18. The van der Waals surface area contributed by atoms with E-state index in [4.69, 9.17) is 42.6 Å². The first-order valence-corrected chi connectivity index (χ1v) is 17.6. The van der Waals surface area contributed by atoms with E-state index in [-0.39, 0.29) is 0 Å². The summed E-state index contributed by atoms with van der Waals surface area (Å²) >= 11 is 0. The highest BCUT2D eigenvalue weighted by atomic mass is 16.8. The Balaban J connectivity index is 1.17. The molecule has 5 saturated heterocycles. The molecular weight excluding hydrogens is 776 g/mol. The molecule has 26 nitrogen and oxygen atoms in total. The quantitative estimate of drug-likeness (QED) is 0.0819. The van der Waals surface area contributed by atoms with Crippen LogP contribution in [0.4, 0.5) is 0 Å². The molecular formula is C30H52O26. The van der Waals surface area contributed by atoms with Crippen LogP contribution in [0.5, 0.6) is 0 Å². The molecule has 26 heteroatoms. The molecule has 0 spiro atoms. The summed E-state index contributed by atoms with van der Waals surface area (Å²) in [6, 6.07) is 0. The SMILES string of the molecule is OC[C@H]1O[C@@H](OC[C@H]2O[C@@H](OC[C@H]3O[C@@H](OC[C@H]4O[C@H](O[C@H]5[C@H](O)[C@H](O)[C@@H](O)O[C@@H]5CO)[C@H](O)[C@@H](O)[C@@H]4O)[C@H](O)[C@@H](O)[C@@H]3O)[C@H](O)[C@@H](O)[C@@H]2O)[C@H](O)[C@@H](O)[C@@H]1O. The number of aliphatic hydroxyl groups excluding tert-OH is 17. The summed E-state index contributed by atoms with van der Waals surface area (Å²) in [6.45, 7) is -3.80. The third-order valence-corrected chi connectivity index (χ3v) is 10.3. The Kier molecular flexibility index (Phi) is 16.1. The molecule has 5 aliphatic heterocycles. The largest absolute Gasteiger partial charge is 0.394 e. The second-order valence-corrected chi connectivity index (χ2v) is 14.1. The van der Waals surface area contributed by atoms with Gasteiger partial charge in [-0.3, -0.25) is 0 Å². The maximum Gasteiger partial charge on any atom is 0.187 e. The molecule has 0 unspecified atom stereocenters. The fourth-order valence-corrected chi connectivity index (χ4v) is 6.71. The molecule has 0 bridgehead atoms. The molecule has 0 saturated carbocycles. The van der Waals surface area contributed by atoms with Gasteiger partial charge in [-0.2, -0.15) is 0 Å². The van der Waals surface area contributed by atoms with Crippen LogP contribution < -0.4 is 0 Å². The molecule has 5 heterocycles. The van der Waals surface area contributed by atoms with Gasteiger partial charge in [0.25, 0.3) is 0 Å². The zero-order valence-electron chi connectivity index (χ0n) is 29.2. The first kappa shape index (κ1) is 46.0. The standard InChI is InChI=1S/C30H52O26/c31-1-6-11(33)15(37)21(43)27(52-6)48-3-8-12(34)16(38)22(44)28(53-8)49-4-9-13(35)17(39)23(45)29(54-9)50-5-10-14(36)18(40)24(46)30(55-10)56-25-7(2-32)51-26(47)20(42)19(25)41/h6-47H,1-5H2/t6-,7-,8-,9-,10-,11-,12-,13-,14-,15+,16+,17+,18+,19-,20+,21-,22-,23-,24-,25-,26+,27-,28-,29-,30-/m1/s1. The van der Waals surface area contributed by atoms with Crippen LogP contribution >= 0.6 is 0 Å². The van der Waals surface area contributed by atoms with E-state index in [9.17, 15) is 86.8 Å². The summed E-state index contributed by atoms with van der Waals surface area (Å²) in [5.74, 6) is 0. The van der Waals surface area contributed by atoms with E-state index in [1.54, 1.807) is 0 Å². The van der Waals surface area contributed by atoms with Gasteiger partial charge in [0.2, 0.25) is 0 Å². The Morgan fingerprint density at radius 1 is 0.304 bits per heavy atom. The molecule has 328 valence electrons. The van der Waals surface area contributed by atoms with Crippen molar-refractivity contribution in [2.75, 3.05) is 33.0 Å². The maximum absolute atomic E-state index is 10.6. The summed E-state index contributed by atoms with van der Waals surface area (Å²) in [5.41, 5.74) is 0. The molecule has 25 atom stereocenters. The van der Waals surface area contributed by atoms with Crippen molar-refractivity contribution in [3.63, 3.8) is 0 Å². The first-order chi connectivity index (χ1) is 26.4. The van der Waals surface area contributed by atoms with Gasteiger partial charge in [-0.15, -0.1) is 0 Å². The van der Waals surface area contributed by atoms with Gasteiger partial charge in [-0.1, -0.05) is 0 Å². The Bertz CT molecular complexity index is 1200. The van der Waals surface area contributed by atoms with Crippen LogP contribution in [0.25, 0.3) is 0 Å². The van der Waals surface area contributed by atoms with E-state index in [1.807, 2.05) is 0 Å².